The molecule has 1 aliphatic heterocycles. The van der Waals surface area contributed by atoms with Crippen molar-refractivity contribution in [2.75, 3.05) is 24.5 Å². The average Bonchev–Trinajstić information content (AvgIpc) is 2.71. The fraction of sp³-hybridized carbons (Fsp3) is 0.462. The van der Waals surface area contributed by atoms with Crippen LogP contribution in [0.15, 0.2) is 24.5 Å². The van der Waals surface area contributed by atoms with Crippen LogP contribution in [0.4, 0.5) is 5.69 Å². The molecular formula is C13H18N4. The number of rotatable bonds is 1. The second-order valence-electron chi connectivity index (χ2n) is 4.77. The Morgan fingerprint density at radius 3 is 3.18 bits per heavy atom. The van der Waals surface area contributed by atoms with Gasteiger partial charge >= 0.3 is 0 Å². The first-order valence-corrected chi connectivity index (χ1v) is 6.14. The average molecular weight is 230 g/mol. The van der Waals surface area contributed by atoms with E-state index in [1.165, 1.54) is 11.2 Å². The summed E-state index contributed by atoms with van der Waals surface area (Å²) in [5.41, 5.74) is 3.50. The number of anilines is 1. The van der Waals surface area contributed by atoms with Gasteiger partial charge in [0.1, 0.15) is 0 Å². The van der Waals surface area contributed by atoms with Crippen LogP contribution in [0.2, 0.25) is 0 Å². The Kier molecular flexibility index (Phi) is 2.52. The Morgan fingerprint density at radius 2 is 2.35 bits per heavy atom. The first-order valence-electron chi connectivity index (χ1n) is 6.14. The van der Waals surface area contributed by atoms with Crippen molar-refractivity contribution in [3.8, 4) is 0 Å². The lowest BCUT2D eigenvalue weighted by Crippen LogP contribution is -2.49. The minimum Gasteiger partial charge on any atom is -0.365 e. The zero-order valence-corrected chi connectivity index (χ0v) is 10.3. The van der Waals surface area contributed by atoms with Gasteiger partial charge in [0.05, 0.1) is 22.9 Å². The molecule has 0 spiro atoms. The van der Waals surface area contributed by atoms with E-state index in [1.807, 2.05) is 6.20 Å². The molecule has 2 aromatic heterocycles. The number of aryl methyl sites for hydroxylation is 1. The van der Waals surface area contributed by atoms with Crippen molar-refractivity contribution >= 4 is 16.7 Å². The summed E-state index contributed by atoms with van der Waals surface area (Å²) >= 11 is 0. The van der Waals surface area contributed by atoms with E-state index in [4.69, 9.17) is 0 Å². The molecule has 1 aliphatic rings. The maximum atomic E-state index is 4.53. The molecule has 0 bridgehead atoms. The van der Waals surface area contributed by atoms with E-state index in [1.54, 1.807) is 0 Å². The Balaban J connectivity index is 2.01. The summed E-state index contributed by atoms with van der Waals surface area (Å²) < 4.78 is 2.12. The number of nitrogens with zero attached hydrogens (tertiary/aromatic N) is 3. The van der Waals surface area contributed by atoms with Gasteiger partial charge in [0.2, 0.25) is 0 Å². The van der Waals surface area contributed by atoms with Gasteiger partial charge in [-0.25, -0.2) is 0 Å². The van der Waals surface area contributed by atoms with Crippen LogP contribution in [0.3, 0.4) is 0 Å². The molecule has 0 unspecified atom stereocenters. The van der Waals surface area contributed by atoms with Crippen molar-refractivity contribution in [3.63, 3.8) is 0 Å². The Morgan fingerprint density at radius 1 is 1.47 bits per heavy atom. The highest BCUT2D eigenvalue weighted by Crippen LogP contribution is 2.22. The summed E-state index contributed by atoms with van der Waals surface area (Å²) in [7, 11) is 2.06. The molecule has 90 valence electrons. The van der Waals surface area contributed by atoms with Gasteiger partial charge in [-0.05, 0) is 19.1 Å². The van der Waals surface area contributed by atoms with Gasteiger partial charge in [0.25, 0.3) is 0 Å². The zero-order valence-electron chi connectivity index (χ0n) is 10.3. The van der Waals surface area contributed by atoms with E-state index in [0.29, 0.717) is 6.04 Å². The molecule has 1 atom stereocenters. The third-order valence-corrected chi connectivity index (χ3v) is 3.55. The summed E-state index contributed by atoms with van der Waals surface area (Å²) in [4.78, 5) is 6.96. The summed E-state index contributed by atoms with van der Waals surface area (Å²) in [6, 6.07) is 4.83. The molecule has 1 N–H and O–H groups in total. The van der Waals surface area contributed by atoms with Gasteiger partial charge in [0, 0.05) is 38.9 Å². The Hall–Kier alpha value is -1.55. The molecule has 0 radical (unpaired) electrons. The smallest absolute Gasteiger partial charge is 0.0882 e. The van der Waals surface area contributed by atoms with Crippen molar-refractivity contribution < 1.29 is 0 Å². The standard InChI is InChI=1S/C13H18N4/c1-10-8-14-4-6-17(10)11-7-13-12(15-9-11)3-5-16(13)2/h3,5,7,9-10,14H,4,6,8H2,1-2H3/t10-/m0/s1. The highest BCUT2D eigenvalue weighted by Gasteiger charge is 2.18. The van der Waals surface area contributed by atoms with E-state index < -0.39 is 0 Å². The number of piperazine rings is 1. The first kappa shape index (κ1) is 10.6. The van der Waals surface area contributed by atoms with Crippen molar-refractivity contribution in [2.45, 2.75) is 13.0 Å². The maximum Gasteiger partial charge on any atom is 0.0882 e. The molecule has 0 saturated carbocycles. The van der Waals surface area contributed by atoms with Crippen molar-refractivity contribution in [2.24, 2.45) is 7.05 Å². The molecule has 3 heterocycles. The number of aromatic nitrogens is 2. The quantitative estimate of drug-likeness (QED) is 0.803. The van der Waals surface area contributed by atoms with Crippen LogP contribution >= 0.6 is 0 Å². The predicted molar refractivity (Wildman–Crippen MR) is 70.4 cm³/mol. The molecular weight excluding hydrogens is 212 g/mol. The molecule has 17 heavy (non-hydrogen) atoms. The third kappa shape index (κ3) is 1.78. The topological polar surface area (TPSA) is 33.1 Å². The lowest BCUT2D eigenvalue weighted by atomic mass is 10.2. The minimum atomic E-state index is 0.531. The highest BCUT2D eigenvalue weighted by atomic mass is 15.2. The van der Waals surface area contributed by atoms with Crippen LogP contribution in [0.5, 0.6) is 0 Å². The van der Waals surface area contributed by atoms with Crippen LogP contribution in [0, 0.1) is 0 Å². The predicted octanol–water partition coefficient (Wildman–Crippen LogP) is 1.37. The Labute approximate surface area is 101 Å². The highest BCUT2D eigenvalue weighted by molar-refractivity contribution is 5.79. The van der Waals surface area contributed by atoms with E-state index in [-0.39, 0.29) is 0 Å². The lowest BCUT2D eigenvalue weighted by Gasteiger charge is -2.35. The molecule has 0 aromatic carbocycles. The second-order valence-corrected chi connectivity index (χ2v) is 4.77. The van der Waals surface area contributed by atoms with Gasteiger partial charge in [-0.15, -0.1) is 0 Å². The first-order chi connectivity index (χ1) is 8.25. The third-order valence-electron chi connectivity index (χ3n) is 3.55. The fourth-order valence-electron chi connectivity index (χ4n) is 2.51. The number of hydrogen-bond acceptors (Lipinski definition) is 3. The minimum absolute atomic E-state index is 0.531. The van der Waals surface area contributed by atoms with Crippen LogP contribution in [-0.4, -0.2) is 35.2 Å². The Bertz CT molecular complexity index is 531. The summed E-state index contributed by atoms with van der Waals surface area (Å²) in [6.07, 6.45) is 4.05. The normalized spacial score (nSPS) is 21.1. The van der Waals surface area contributed by atoms with Crippen molar-refractivity contribution in [3.05, 3.63) is 24.5 Å². The molecule has 1 saturated heterocycles. The summed E-state index contributed by atoms with van der Waals surface area (Å²) in [6.45, 7) is 5.40. The molecule has 4 nitrogen and oxygen atoms in total. The SMILES string of the molecule is C[C@H]1CNCCN1c1cnc2ccn(C)c2c1. The number of fused-ring (bicyclic) bond motifs is 1. The largest absolute Gasteiger partial charge is 0.365 e. The van der Waals surface area contributed by atoms with Crippen molar-refractivity contribution in [1.82, 2.24) is 14.9 Å². The van der Waals surface area contributed by atoms with Gasteiger partial charge in [0.15, 0.2) is 0 Å². The number of pyridine rings is 1. The second kappa shape index (κ2) is 4.04. The zero-order chi connectivity index (χ0) is 11.8. The molecule has 0 aliphatic carbocycles. The number of hydrogen-bond donors (Lipinski definition) is 1. The van der Waals surface area contributed by atoms with Crippen LogP contribution in [-0.2, 0) is 7.05 Å². The van der Waals surface area contributed by atoms with E-state index in [9.17, 15) is 0 Å². The van der Waals surface area contributed by atoms with Crippen LogP contribution < -0.4 is 10.2 Å². The molecule has 0 amide bonds. The van der Waals surface area contributed by atoms with Gasteiger partial charge in [-0.2, -0.15) is 0 Å². The fourth-order valence-corrected chi connectivity index (χ4v) is 2.51. The van der Waals surface area contributed by atoms with E-state index in [0.717, 1.165) is 25.2 Å². The number of nitrogens with one attached hydrogen (secondary N) is 1. The van der Waals surface area contributed by atoms with Crippen LogP contribution in [0.25, 0.3) is 11.0 Å². The molecule has 2 aromatic rings. The van der Waals surface area contributed by atoms with Crippen LogP contribution in [0.1, 0.15) is 6.92 Å². The molecule has 3 rings (SSSR count). The molecule has 4 heteroatoms. The maximum absolute atomic E-state index is 4.53. The monoisotopic (exact) mass is 230 g/mol. The van der Waals surface area contributed by atoms with Gasteiger partial charge < -0.3 is 14.8 Å². The van der Waals surface area contributed by atoms with Gasteiger partial charge in [-0.3, -0.25) is 4.98 Å². The van der Waals surface area contributed by atoms with Crippen molar-refractivity contribution in [1.29, 1.82) is 0 Å². The van der Waals surface area contributed by atoms with E-state index >= 15 is 0 Å². The summed E-state index contributed by atoms with van der Waals surface area (Å²) in [5.74, 6) is 0. The molecule has 1 fully saturated rings. The lowest BCUT2D eigenvalue weighted by molar-refractivity contribution is 0.500. The van der Waals surface area contributed by atoms with Gasteiger partial charge in [-0.1, -0.05) is 0 Å². The summed E-state index contributed by atoms with van der Waals surface area (Å²) in [5, 5.41) is 3.41. The van der Waals surface area contributed by atoms with E-state index in [2.05, 4.69) is 52.1 Å².